The molecule has 1 unspecified atom stereocenters. The van der Waals surface area contributed by atoms with Crippen molar-refractivity contribution in [1.29, 1.82) is 0 Å². The third-order valence-corrected chi connectivity index (χ3v) is 5.98. The van der Waals surface area contributed by atoms with Crippen LogP contribution >= 0.6 is 11.6 Å². The summed E-state index contributed by atoms with van der Waals surface area (Å²) < 4.78 is 0. The lowest BCUT2D eigenvalue weighted by molar-refractivity contribution is -0.135. The molecule has 1 atom stereocenters. The van der Waals surface area contributed by atoms with Gasteiger partial charge in [0.1, 0.15) is 5.82 Å². The third-order valence-electron chi connectivity index (χ3n) is 5.42. The SMILES string of the molecule is Cc1ncc(N2CCC(C(=O)N3Cc4nc(C)c(Cl)c(C)c4C3)C2)cn1. The van der Waals surface area contributed by atoms with Crippen molar-refractivity contribution < 1.29 is 4.79 Å². The first-order chi connectivity index (χ1) is 12.4. The Bertz CT molecular complexity index is 867. The monoisotopic (exact) mass is 371 g/mol. The van der Waals surface area contributed by atoms with Crippen molar-refractivity contribution in [3.05, 3.63) is 45.8 Å². The van der Waals surface area contributed by atoms with E-state index in [-0.39, 0.29) is 11.8 Å². The van der Waals surface area contributed by atoms with Gasteiger partial charge in [0.15, 0.2) is 0 Å². The molecule has 4 heterocycles. The summed E-state index contributed by atoms with van der Waals surface area (Å²) in [5, 5.41) is 0.712. The van der Waals surface area contributed by atoms with Crippen molar-refractivity contribution in [3.8, 4) is 0 Å². The summed E-state index contributed by atoms with van der Waals surface area (Å²) in [5.41, 5.74) is 4.96. The van der Waals surface area contributed by atoms with Crippen molar-refractivity contribution >= 4 is 23.2 Å². The van der Waals surface area contributed by atoms with Crippen LogP contribution in [0.25, 0.3) is 0 Å². The van der Waals surface area contributed by atoms with E-state index in [0.29, 0.717) is 24.7 Å². The van der Waals surface area contributed by atoms with Crippen molar-refractivity contribution in [3.63, 3.8) is 0 Å². The number of hydrogen-bond acceptors (Lipinski definition) is 5. The van der Waals surface area contributed by atoms with Gasteiger partial charge >= 0.3 is 0 Å². The molecular formula is C19H22ClN5O. The average Bonchev–Trinajstić information content (AvgIpc) is 3.27. The summed E-state index contributed by atoms with van der Waals surface area (Å²) in [6, 6.07) is 0. The normalized spacial score (nSPS) is 19.2. The minimum absolute atomic E-state index is 0.00231. The molecule has 0 spiro atoms. The van der Waals surface area contributed by atoms with E-state index >= 15 is 0 Å². The standard InChI is InChI=1S/C19H22ClN5O/c1-11-16-9-25(10-17(16)23-12(2)18(11)20)19(26)14-4-5-24(8-14)15-6-21-13(3)22-7-15/h6-7,14H,4-5,8-10H2,1-3H3. The summed E-state index contributed by atoms with van der Waals surface area (Å²) in [5.74, 6) is 0.960. The van der Waals surface area contributed by atoms with Crippen LogP contribution in [0.2, 0.25) is 5.02 Å². The van der Waals surface area contributed by atoms with Gasteiger partial charge in [0.25, 0.3) is 0 Å². The zero-order valence-electron chi connectivity index (χ0n) is 15.3. The highest BCUT2D eigenvalue weighted by atomic mass is 35.5. The van der Waals surface area contributed by atoms with E-state index in [1.54, 1.807) is 0 Å². The van der Waals surface area contributed by atoms with Gasteiger partial charge in [-0.05, 0) is 38.3 Å². The van der Waals surface area contributed by atoms with E-state index in [2.05, 4.69) is 19.9 Å². The predicted molar refractivity (Wildman–Crippen MR) is 100 cm³/mol. The van der Waals surface area contributed by atoms with Gasteiger partial charge in [-0.15, -0.1) is 0 Å². The zero-order valence-corrected chi connectivity index (χ0v) is 16.0. The smallest absolute Gasteiger partial charge is 0.228 e. The number of aryl methyl sites for hydroxylation is 2. The van der Waals surface area contributed by atoms with Gasteiger partial charge in [0.05, 0.1) is 47.0 Å². The second-order valence-electron chi connectivity index (χ2n) is 7.18. The minimum atomic E-state index is 0.00231. The number of fused-ring (bicyclic) bond motifs is 1. The fraction of sp³-hybridized carbons (Fsp3) is 0.474. The number of amides is 1. The summed E-state index contributed by atoms with van der Waals surface area (Å²) in [7, 11) is 0. The van der Waals surface area contributed by atoms with Crippen molar-refractivity contribution in [2.75, 3.05) is 18.0 Å². The molecule has 0 radical (unpaired) electrons. The topological polar surface area (TPSA) is 62.2 Å². The number of anilines is 1. The first kappa shape index (κ1) is 17.2. The number of halogens is 1. The Labute approximate surface area is 158 Å². The van der Waals surface area contributed by atoms with E-state index in [1.165, 1.54) is 0 Å². The van der Waals surface area contributed by atoms with Crippen LogP contribution in [0.3, 0.4) is 0 Å². The van der Waals surface area contributed by atoms with Crippen molar-refractivity contribution in [2.45, 2.75) is 40.3 Å². The van der Waals surface area contributed by atoms with Crippen LogP contribution in [-0.4, -0.2) is 38.8 Å². The molecule has 0 saturated carbocycles. The van der Waals surface area contributed by atoms with E-state index in [9.17, 15) is 4.79 Å². The van der Waals surface area contributed by atoms with Gasteiger partial charge in [0.2, 0.25) is 5.91 Å². The summed E-state index contributed by atoms with van der Waals surface area (Å²) in [4.78, 5) is 30.2. The molecular weight excluding hydrogens is 350 g/mol. The molecule has 1 saturated heterocycles. The van der Waals surface area contributed by atoms with Crippen LogP contribution in [0.5, 0.6) is 0 Å². The highest BCUT2D eigenvalue weighted by Gasteiger charge is 2.35. The van der Waals surface area contributed by atoms with Gasteiger partial charge < -0.3 is 9.80 Å². The Morgan fingerprint density at radius 3 is 2.65 bits per heavy atom. The van der Waals surface area contributed by atoms with Gasteiger partial charge in [-0.25, -0.2) is 9.97 Å². The first-order valence-corrected chi connectivity index (χ1v) is 9.28. The first-order valence-electron chi connectivity index (χ1n) is 8.91. The number of carbonyl (C=O) groups excluding carboxylic acids is 1. The Hall–Kier alpha value is -2.21. The maximum absolute atomic E-state index is 13.0. The number of pyridine rings is 1. The fourth-order valence-corrected chi connectivity index (χ4v) is 4.02. The van der Waals surface area contributed by atoms with Gasteiger partial charge in [-0.1, -0.05) is 11.6 Å². The molecule has 7 heteroatoms. The van der Waals surface area contributed by atoms with Crippen molar-refractivity contribution in [1.82, 2.24) is 19.9 Å². The summed E-state index contributed by atoms with van der Waals surface area (Å²) in [6.45, 7) is 8.55. The predicted octanol–water partition coefficient (Wildman–Crippen LogP) is 2.82. The highest BCUT2D eigenvalue weighted by molar-refractivity contribution is 6.32. The maximum Gasteiger partial charge on any atom is 0.228 e. The molecule has 0 aromatic carbocycles. The Morgan fingerprint density at radius 2 is 1.92 bits per heavy atom. The number of aromatic nitrogens is 3. The van der Waals surface area contributed by atoms with E-state index in [4.69, 9.17) is 11.6 Å². The van der Waals surface area contributed by atoms with Crippen LogP contribution in [0.15, 0.2) is 12.4 Å². The molecule has 2 aliphatic heterocycles. The Kier molecular flexibility index (Phi) is 4.31. The molecule has 2 aromatic heterocycles. The maximum atomic E-state index is 13.0. The van der Waals surface area contributed by atoms with Crippen LogP contribution in [0, 0.1) is 26.7 Å². The van der Waals surface area contributed by atoms with Crippen molar-refractivity contribution in [2.24, 2.45) is 5.92 Å². The molecule has 0 bridgehead atoms. The molecule has 4 rings (SSSR count). The second kappa shape index (κ2) is 6.50. The fourth-order valence-electron chi connectivity index (χ4n) is 3.87. The minimum Gasteiger partial charge on any atom is -0.368 e. The third kappa shape index (κ3) is 2.92. The Balaban J connectivity index is 1.46. The van der Waals surface area contributed by atoms with Crippen LogP contribution in [0.4, 0.5) is 5.69 Å². The number of hydrogen-bond donors (Lipinski definition) is 0. The highest BCUT2D eigenvalue weighted by Crippen LogP contribution is 2.32. The second-order valence-corrected chi connectivity index (χ2v) is 7.55. The largest absolute Gasteiger partial charge is 0.368 e. The molecule has 26 heavy (non-hydrogen) atoms. The lowest BCUT2D eigenvalue weighted by Gasteiger charge is -2.21. The van der Waals surface area contributed by atoms with Crippen LogP contribution in [-0.2, 0) is 17.9 Å². The Morgan fingerprint density at radius 1 is 1.19 bits per heavy atom. The van der Waals surface area contributed by atoms with E-state index in [1.807, 2.05) is 38.1 Å². The molecule has 1 fully saturated rings. The number of carbonyl (C=O) groups is 1. The quantitative estimate of drug-likeness (QED) is 0.812. The van der Waals surface area contributed by atoms with Crippen LogP contribution < -0.4 is 4.90 Å². The van der Waals surface area contributed by atoms with Gasteiger partial charge in [-0.3, -0.25) is 9.78 Å². The molecule has 1 amide bonds. The lowest BCUT2D eigenvalue weighted by atomic mass is 10.1. The molecule has 2 aliphatic rings. The van der Waals surface area contributed by atoms with Crippen LogP contribution in [0.1, 0.15) is 34.8 Å². The molecule has 6 nitrogen and oxygen atoms in total. The van der Waals surface area contributed by atoms with Gasteiger partial charge in [-0.2, -0.15) is 0 Å². The molecule has 136 valence electrons. The number of rotatable bonds is 2. The van der Waals surface area contributed by atoms with Gasteiger partial charge in [0, 0.05) is 19.6 Å². The zero-order chi connectivity index (χ0) is 18.4. The number of nitrogens with zero attached hydrogens (tertiary/aromatic N) is 5. The summed E-state index contributed by atoms with van der Waals surface area (Å²) in [6.07, 6.45) is 4.52. The average molecular weight is 372 g/mol. The lowest BCUT2D eigenvalue weighted by Crippen LogP contribution is -2.34. The molecule has 2 aromatic rings. The molecule has 0 aliphatic carbocycles. The van der Waals surface area contributed by atoms with E-state index in [0.717, 1.165) is 47.0 Å². The van der Waals surface area contributed by atoms with E-state index < -0.39 is 0 Å². The summed E-state index contributed by atoms with van der Waals surface area (Å²) >= 11 is 6.33. The molecule has 0 N–H and O–H groups in total.